The first kappa shape index (κ1) is 16.6. The van der Waals surface area contributed by atoms with E-state index < -0.39 is 11.7 Å². The van der Waals surface area contributed by atoms with Crippen LogP contribution in [0.1, 0.15) is 43.9 Å². The number of hydrogen-bond donors (Lipinski definition) is 1. The molecule has 0 atom stereocenters. The lowest BCUT2D eigenvalue weighted by Gasteiger charge is -2.19. The fourth-order valence-corrected chi connectivity index (χ4v) is 1.56. The summed E-state index contributed by atoms with van der Waals surface area (Å²) in [6, 6.07) is 7.64. The third-order valence-electron chi connectivity index (χ3n) is 2.44. The number of carbonyl (C=O) groups is 1. The first-order chi connectivity index (χ1) is 9.81. The highest BCUT2D eigenvalue weighted by Crippen LogP contribution is 2.09. The number of rotatable bonds is 2. The van der Waals surface area contributed by atoms with Crippen molar-refractivity contribution >= 4 is 6.09 Å². The Labute approximate surface area is 126 Å². The Hall–Kier alpha value is -2.46. The predicted octanol–water partition coefficient (Wildman–Crippen LogP) is 3.13. The molecule has 1 N–H and O–H groups in total. The fourth-order valence-electron chi connectivity index (χ4n) is 1.56. The van der Waals surface area contributed by atoms with Crippen LogP contribution >= 0.6 is 0 Å². The molecule has 1 aromatic carbocycles. The van der Waals surface area contributed by atoms with Gasteiger partial charge in [0.05, 0.1) is 5.56 Å². The van der Waals surface area contributed by atoms with Crippen molar-refractivity contribution in [2.45, 2.75) is 39.7 Å². The van der Waals surface area contributed by atoms with Gasteiger partial charge in [-0.05, 0) is 45.4 Å². The van der Waals surface area contributed by atoms with E-state index in [1.807, 2.05) is 39.8 Å². The van der Waals surface area contributed by atoms with Crippen molar-refractivity contribution in [2.75, 3.05) is 6.54 Å². The average molecular weight is 284 g/mol. The minimum atomic E-state index is -0.501. The lowest BCUT2D eigenvalue weighted by Crippen LogP contribution is -2.32. The second kappa shape index (κ2) is 7.36. The van der Waals surface area contributed by atoms with Crippen LogP contribution in [0.25, 0.3) is 0 Å². The van der Waals surface area contributed by atoms with Crippen molar-refractivity contribution in [1.29, 1.82) is 5.26 Å². The Morgan fingerprint density at radius 2 is 2.05 bits per heavy atom. The normalized spacial score (nSPS) is 10.0. The van der Waals surface area contributed by atoms with E-state index in [0.29, 0.717) is 18.5 Å². The highest BCUT2D eigenvalue weighted by molar-refractivity contribution is 5.67. The van der Waals surface area contributed by atoms with Gasteiger partial charge in [-0.1, -0.05) is 17.9 Å². The Morgan fingerprint density at radius 1 is 1.33 bits per heavy atom. The molecule has 0 aromatic heterocycles. The van der Waals surface area contributed by atoms with Gasteiger partial charge in [-0.25, -0.2) is 4.79 Å². The highest BCUT2D eigenvalue weighted by atomic mass is 16.6. The molecule has 21 heavy (non-hydrogen) atoms. The van der Waals surface area contributed by atoms with Crippen molar-refractivity contribution < 1.29 is 9.53 Å². The summed E-state index contributed by atoms with van der Waals surface area (Å²) >= 11 is 0. The quantitative estimate of drug-likeness (QED) is 0.670. The number of nitriles is 1. The number of nitrogens with one attached hydrogen (secondary N) is 1. The van der Waals surface area contributed by atoms with E-state index in [2.05, 4.69) is 23.2 Å². The zero-order chi connectivity index (χ0) is 15.9. The summed E-state index contributed by atoms with van der Waals surface area (Å²) in [5.41, 5.74) is 1.84. The van der Waals surface area contributed by atoms with Gasteiger partial charge in [0, 0.05) is 18.5 Å². The van der Waals surface area contributed by atoms with Crippen molar-refractivity contribution in [3.05, 3.63) is 34.9 Å². The van der Waals surface area contributed by atoms with Crippen LogP contribution in [0.2, 0.25) is 0 Å². The summed E-state index contributed by atoms with van der Waals surface area (Å²) in [5.74, 6) is 5.91. The molecule has 0 fully saturated rings. The van der Waals surface area contributed by atoms with Crippen LogP contribution in [0.3, 0.4) is 0 Å². The number of hydrogen-bond acceptors (Lipinski definition) is 3. The monoisotopic (exact) mass is 284 g/mol. The zero-order valence-electron chi connectivity index (χ0n) is 12.9. The number of carbonyl (C=O) groups excluding carboxylic acids is 1. The van der Waals surface area contributed by atoms with Crippen molar-refractivity contribution in [3.8, 4) is 17.9 Å². The van der Waals surface area contributed by atoms with Gasteiger partial charge in [-0.2, -0.15) is 5.26 Å². The van der Waals surface area contributed by atoms with Gasteiger partial charge >= 0.3 is 6.09 Å². The van der Waals surface area contributed by atoms with Crippen molar-refractivity contribution in [3.63, 3.8) is 0 Å². The molecule has 0 radical (unpaired) electrons. The highest BCUT2D eigenvalue weighted by Gasteiger charge is 2.15. The average Bonchev–Trinajstić information content (AvgIpc) is 2.36. The van der Waals surface area contributed by atoms with Crippen LogP contribution in [0.5, 0.6) is 0 Å². The van der Waals surface area contributed by atoms with Gasteiger partial charge in [0.25, 0.3) is 0 Å². The van der Waals surface area contributed by atoms with E-state index in [4.69, 9.17) is 10.00 Å². The number of ether oxygens (including phenoxy) is 1. The van der Waals surface area contributed by atoms with E-state index in [1.54, 1.807) is 6.07 Å². The maximum atomic E-state index is 11.4. The van der Waals surface area contributed by atoms with Crippen LogP contribution in [-0.2, 0) is 4.74 Å². The number of amides is 1. The first-order valence-electron chi connectivity index (χ1n) is 6.78. The van der Waals surface area contributed by atoms with Gasteiger partial charge in [0.2, 0.25) is 0 Å². The predicted molar refractivity (Wildman–Crippen MR) is 81.6 cm³/mol. The summed E-state index contributed by atoms with van der Waals surface area (Å²) in [7, 11) is 0. The summed E-state index contributed by atoms with van der Waals surface area (Å²) in [5, 5.41) is 11.6. The SMILES string of the molecule is Cc1ccc(C#N)c(C#CCCNC(=O)OC(C)(C)C)c1. The van der Waals surface area contributed by atoms with Gasteiger partial charge < -0.3 is 10.1 Å². The smallest absolute Gasteiger partial charge is 0.407 e. The molecule has 0 saturated heterocycles. The molecule has 1 rings (SSSR count). The van der Waals surface area contributed by atoms with Crippen LogP contribution in [0.4, 0.5) is 4.79 Å². The molecule has 0 bridgehead atoms. The summed E-state index contributed by atoms with van der Waals surface area (Å²) in [6.07, 6.45) is 0.0514. The molecular formula is C17H20N2O2. The lowest BCUT2D eigenvalue weighted by molar-refractivity contribution is 0.0529. The van der Waals surface area contributed by atoms with Gasteiger partial charge in [0.1, 0.15) is 11.7 Å². The molecule has 1 amide bonds. The van der Waals surface area contributed by atoms with E-state index in [0.717, 1.165) is 11.1 Å². The van der Waals surface area contributed by atoms with Crippen molar-refractivity contribution in [2.24, 2.45) is 0 Å². The molecule has 4 nitrogen and oxygen atoms in total. The Morgan fingerprint density at radius 3 is 2.67 bits per heavy atom. The molecule has 0 aliphatic carbocycles. The molecule has 0 unspecified atom stereocenters. The summed E-state index contributed by atoms with van der Waals surface area (Å²) in [6.45, 7) is 7.81. The summed E-state index contributed by atoms with van der Waals surface area (Å²) < 4.78 is 5.11. The van der Waals surface area contributed by atoms with Crippen LogP contribution in [-0.4, -0.2) is 18.2 Å². The molecule has 0 saturated carbocycles. The molecule has 0 spiro atoms. The fraction of sp³-hybridized carbons (Fsp3) is 0.412. The molecule has 0 aliphatic heterocycles. The molecular weight excluding hydrogens is 264 g/mol. The van der Waals surface area contributed by atoms with E-state index in [9.17, 15) is 4.79 Å². The first-order valence-corrected chi connectivity index (χ1v) is 6.78. The number of aryl methyl sites for hydroxylation is 1. The van der Waals surface area contributed by atoms with Gasteiger partial charge in [0.15, 0.2) is 0 Å². The van der Waals surface area contributed by atoms with E-state index in [1.165, 1.54) is 0 Å². The molecule has 4 heteroatoms. The standard InChI is InChI=1S/C17H20N2O2/c1-13-8-9-15(12-18)14(11-13)7-5-6-10-19-16(20)21-17(2,3)4/h8-9,11H,6,10H2,1-4H3,(H,19,20). The Kier molecular flexibility index (Phi) is 5.81. The topological polar surface area (TPSA) is 62.1 Å². The molecule has 1 aromatic rings. The maximum absolute atomic E-state index is 11.4. The summed E-state index contributed by atoms with van der Waals surface area (Å²) in [4.78, 5) is 11.4. The van der Waals surface area contributed by atoms with E-state index >= 15 is 0 Å². The number of alkyl carbamates (subject to hydrolysis) is 1. The maximum Gasteiger partial charge on any atom is 0.407 e. The Bertz CT molecular complexity index is 610. The second-order valence-electron chi connectivity index (χ2n) is 5.64. The van der Waals surface area contributed by atoms with Crippen molar-refractivity contribution in [1.82, 2.24) is 5.32 Å². The molecule has 0 heterocycles. The van der Waals surface area contributed by atoms with E-state index in [-0.39, 0.29) is 0 Å². The van der Waals surface area contributed by atoms with Gasteiger partial charge in [-0.3, -0.25) is 0 Å². The molecule has 0 aliphatic rings. The molecule has 110 valence electrons. The minimum Gasteiger partial charge on any atom is -0.444 e. The number of nitrogens with zero attached hydrogens (tertiary/aromatic N) is 1. The Balaban J connectivity index is 2.50. The van der Waals surface area contributed by atoms with Crippen LogP contribution in [0.15, 0.2) is 18.2 Å². The lowest BCUT2D eigenvalue weighted by atomic mass is 10.1. The second-order valence-corrected chi connectivity index (χ2v) is 5.64. The third kappa shape index (κ3) is 6.49. The third-order valence-corrected chi connectivity index (χ3v) is 2.44. The minimum absolute atomic E-state index is 0.412. The van der Waals surface area contributed by atoms with Gasteiger partial charge in [-0.15, -0.1) is 0 Å². The number of benzene rings is 1. The van der Waals surface area contributed by atoms with Crippen LogP contribution < -0.4 is 5.32 Å². The van der Waals surface area contributed by atoms with Crippen LogP contribution in [0, 0.1) is 30.1 Å². The largest absolute Gasteiger partial charge is 0.444 e. The zero-order valence-corrected chi connectivity index (χ0v) is 12.9.